The van der Waals surface area contributed by atoms with Crippen molar-refractivity contribution in [2.24, 2.45) is 0 Å². The van der Waals surface area contributed by atoms with Crippen LogP contribution < -0.4 is 0 Å². The molecule has 90 valence electrons. The maximum absolute atomic E-state index is 13.4. The molecule has 0 aliphatic carbocycles. The molecule has 1 unspecified atom stereocenters. The second kappa shape index (κ2) is 4.82. The molecule has 0 bridgehead atoms. The summed E-state index contributed by atoms with van der Waals surface area (Å²) in [5.41, 5.74) is 0.229. The van der Waals surface area contributed by atoms with Crippen molar-refractivity contribution in [3.05, 3.63) is 35.1 Å². The van der Waals surface area contributed by atoms with Crippen molar-refractivity contribution < 1.29 is 22.7 Å². The van der Waals surface area contributed by atoms with Gasteiger partial charge in [-0.05, 0) is 18.9 Å². The quantitative estimate of drug-likeness (QED) is 0.796. The van der Waals surface area contributed by atoms with Crippen molar-refractivity contribution in [1.82, 2.24) is 0 Å². The van der Waals surface area contributed by atoms with Crippen LogP contribution >= 0.6 is 0 Å². The zero-order valence-corrected chi connectivity index (χ0v) is 8.68. The summed E-state index contributed by atoms with van der Waals surface area (Å²) < 4.78 is 49.2. The Hall–Kier alpha value is -1.10. The lowest BCUT2D eigenvalue weighted by Gasteiger charge is -2.14. The molecule has 0 aromatic heterocycles. The van der Waals surface area contributed by atoms with E-state index >= 15 is 0 Å². The number of aryl methyl sites for hydroxylation is 1. The number of aliphatic hydroxyl groups excluding tert-OH is 1. The molecule has 16 heavy (non-hydrogen) atoms. The standard InChI is InChI=1S/C11H12F4O/c1-7-3-2-4-8(10(7)12)9(16)5-6-11(13,14)15/h2-4,9,16H,5-6H2,1H3. The lowest BCUT2D eigenvalue weighted by molar-refractivity contribution is -0.140. The fraction of sp³-hybridized carbons (Fsp3) is 0.455. The second-order valence-electron chi connectivity index (χ2n) is 3.65. The van der Waals surface area contributed by atoms with Crippen LogP contribution in [0.15, 0.2) is 18.2 Å². The van der Waals surface area contributed by atoms with Crippen LogP contribution in [-0.2, 0) is 0 Å². The van der Waals surface area contributed by atoms with Crippen molar-refractivity contribution in [3.63, 3.8) is 0 Å². The zero-order valence-electron chi connectivity index (χ0n) is 8.68. The number of alkyl halides is 3. The van der Waals surface area contributed by atoms with E-state index in [1.165, 1.54) is 25.1 Å². The molecule has 1 N–H and O–H groups in total. The summed E-state index contributed by atoms with van der Waals surface area (Å²) >= 11 is 0. The molecule has 0 aliphatic heterocycles. The second-order valence-corrected chi connectivity index (χ2v) is 3.65. The van der Waals surface area contributed by atoms with Crippen molar-refractivity contribution in [1.29, 1.82) is 0 Å². The molecule has 0 aliphatic rings. The molecule has 1 aromatic rings. The number of benzene rings is 1. The molecule has 0 fully saturated rings. The third kappa shape index (κ3) is 3.48. The Morgan fingerprint density at radius 3 is 2.50 bits per heavy atom. The summed E-state index contributed by atoms with van der Waals surface area (Å²) in [5, 5.41) is 9.45. The predicted octanol–water partition coefficient (Wildman–Crippen LogP) is 3.51. The van der Waals surface area contributed by atoms with Crippen molar-refractivity contribution in [3.8, 4) is 0 Å². The fourth-order valence-electron chi connectivity index (χ4n) is 1.38. The van der Waals surface area contributed by atoms with Crippen LogP contribution in [0.2, 0.25) is 0 Å². The minimum Gasteiger partial charge on any atom is -0.388 e. The number of hydrogen-bond acceptors (Lipinski definition) is 1. The van der Waals surface area contributed by atoms with E-state index in [9.17, 15) is 22.7 Å². The van der Waals surface area contributed by atoms with Crippen LogP contribution in [0.3, 0.4) is 0 Å². The van der Waals surface area contributed by atoms with Gasteiger partial charge in [0.05, 0.1) is 6.10 Å². The predicted molar refractivity (Wildman–Crippen MR) is 51.4 cm³/mol. The highest BCUT2D eigenvalue weighted by Gasteiger charge is 2.28. The van der Waals surface area contributed by atoms with Gasteiger partial charge in [-0.25, -0.2) is 4.39 Å². The van der Waals surface area contributed by atoms with Crippen molar-refractivity contribution >= 4 is 0 Å². The Kier molecular flexibility index (Phi) is 3.91. The van der Waals surface area contributed by atoms with Crippen LogP contribution in [0, 0.1) is 12.7 Å². The van der Waals surface area contributed by atoms with Crippen LogP contribution in [0.1, 0.15) is 30.1 Å². The largest absolute Gasteiger partial charge is 0.389 e. The highest BCUT2D eigenvalue weighted by Crippen LogP contribution is 2.29. The molecule has 0 spiro atoms. The van der Waals surface area contributed by atoms with Gasteiger partial charge in [0.25, 0.3) is 0 Å². The Balaban J connectivity index is 2.73. The van der Waals surface area contributed by atoms with E-state index < -0.39 is 30.9 Å². The summed E-state index contributed by atoms with van der Waals surface area (Å²) in [4.78, 5) is 0. The molecule has 0 amide bonds. The first-order valence-corrected chi connectivity index (χ1v) is 4.81. The summed E-state index contributed by atoms with van der Waals surface area (Å²) in [6.07, 6.45) is -7.39. The van der Waals surface area contributed by atoms with E-state index in [1.807, 2.05) is 0 Å². The zero-order chi connectivity index (χ0) is 12.3. The van der Waals surface area contributed by atoms with Crippen LogP contribution in [0.4, 0.5) is 17.6 Å². The van der Waals surface area contributed by atoms with Crippen LogP contribution in [0.25, 0.3) is 0 Å². The molecule has 1 aromatic carbocycles. The van der Waals surface area contributed by atoms with E-state index in [1.54, 1.807) is 0 Å². The molecule has 0 saturated carbocycles. The normalized spacial score (nSPS) is 13.9. The molecular weight excluding hydrogens is 224 g/mol. The maximum atomic E-state index is 13.4. The Labute approximate surface area is 90.7 Å². The lowest BCUT2D eigenvalue weighted by Crippen LogP contribution is -2.11. The maximum Gasteiger partial charge on any atom is 0.389 e. The molecule has 1 nitrogen and oxygen atoms in total. The highest BCUT2D eigenvalue weighted by molar-refractivity contribution is 5.26. The topological polar surface area (TPSA) is 20.2 Å². The van der Waals surface area contributed by atoms with Gasteiger partial charge < -0.3 is 5.11 Å². The average molecular weight is 236 g/mol. The van der Waals surface area contributed by atoms with Gasteiger partial charge >= 0.3 is 6.18 Å². The first kappa shape index (κ1) is 13.0. The molecule has 5 heteroatoms. The summed E-state index contributed by atoms with van der Waals surface area (Å²) in [6, 6.07) is 4.29. The van der Waals surface area contributed by atoms with Gasteiger partial charge in [0.2, 0.25) is 0 Å². The summed E-state index contributed by atoms with van der Waals surface area (Å²) in [6.45, 7) is 1.50. The first-order chi connectivity index (χ1) is 7.31. The summed E-state index contributed by atoms with van der Waals surface area (Å²) in [7, 11) is 0. The van der Waals surface area contributed by atoms with E-state index in [0.29, 0.717) is 5.56 Å². The Bertz CT molecular complexity index is 359. The van der Waals surface area contributed by atoms with Gasteiger partial charge in [-0.1, -0.05) is 18.2 Å². The van der Waals surface area contributed by atoms with Gasteiger partial charge in [0.1, 0.15) is 5.82 Å². The number of hydrogen-bond donors (Lipinski definition) is 1. The SMILES string of the molecule is Cc1cccc(C(O)CCC(F)(F)F)c1F. The van der Waals surface area contributed by atoms with Gasteiger partial charge in [-0.2, -0.15) is 13.2 Å². The molecule has 0 saturated heterocycles. The third-order valence-electron chi connectivity index (χ3n) is 2.28. The Morgan fingerprint density at radius 2 is 1.94 bits per heavy atom. The van der Waals surface area contributed by atoms with Gasteiger partial charge in [0, 0.05) is 12.0 Å². The third-order valence-corrected chi connectivity index (χ3v) is 2.28. The molecule has 1 atom stereocenters. The fourth-order valence-corrected chi connectivity index (χ4v) is 1.38. The lowest BCUT2D eigenvalue weighted by atomic mass is 10.0. The first-order valence-electron chi connectivity index (χ1n) is 4.81. The van der Waals surface area contributed by atoms with Crippen molar-refractivity contribution in [2.45, 2.75) is 32.0 Å². The van der Waals surface area contributed by atoms with Gasteiger partial charge in [0.15, 0.2) is 0 Å². The van der Waals surface area contributed by atoms with E-state index in [4.69, 9.17) is 0 Å². The highest BCUT2D eigenvalue weighted by atomic mass is 19.4. The Morgan fingerprint density at radius 1 is 1.31 bits per heavy atom. The smallest absolute Gasteiger partial charge is 0.388 e. The molecule has 1 rings (SSSR count). The van der Waals surface area contributed by atoms with E-state index in [-0.39, 0.29) is 5.56 Å². The number of halogens is 4. The monoisotopic (exact) mass is 236 g/mol. The average Bonchev–Trinajstić information content (AvgIpc) is 2.17. The van der Waals surface area contributed by atoms with Crippen LogP contribution in [0.5, 0.6) is 0 Å². The summed E-state index contributed by atoms with van der Waals surface area (Å²) in [5.74, 6) is -0.642. The molecular formula is C11H12F4O. The number of rotatable bonds is 3. The van der Waals surface area contributed by atoms with Crippen molar-refractivity contribution in [2.75, 3.05) is 0 Å². The van der Waals surface area contributed by atoms with Gasteiger partial charge in [-0.15, -0.1) is 0 Å². The molecule has 0 heterocycles. The van der Waals surface area contributed by atoms with Crippen LogP contribution in [-0.4, -0.2) is 11.3 Å². The van der Waals surface area contributed by atoms with E-state index in [0.717, 1.165) is 0 Å². The molecule has 0 radical (unpaired) electrons. The minimum absolute atomic E-state index is 0.0794. The number of aliphatic hydroxyl groups is 1. The minimum atomic E-state index is -4.33. The van der Waals surface area contributed by atoms with E-state index in [2.05, 4.69) is 0 Å². The van der Waals surface area contributed by atoms with Gasteiger partial charge in [-0.3, -0.25) is 0 Å².